The third-order valence-electron chi connectivity index (χ3n) is 3.27. The largest absolute Gasteiger partial charge is 0.271 e. The van der Waals surface area contributed by atoms with E-state index >= 15 is 0 Å². The van der Waals surface area contributed by atoms with Gasteiger partial charge in [-0.25, -0.2) is 0 Å². The van der Waals surface area contributed by atoms with Crippen molar-refractivity contribution in [1.29, 1.82) is 0 Å². The monoisotopic (exact) mass is 282 g/mol. The quantitative estimate of drug-likeness (QED) is 0.641. The molecular formula is C12H19ClN6. The van der Waals surface area contributed by atoms with E-state index in [0.717, 1.165) is 23.6 Å². The fraction of sp³-hybridized carbons (Fsp3) is 0.500. The number of hydrogen-bond donors (Lipinski definition) is 2. The summed E-state index contributed by atoms with van der Waals surface area (Å²) >= 11 is 6.32. The van der Waals surface area contributed by atoms with Crippen molar-refractivity contribution in [2.24, 2.45) is 12.9 Å². The first-order chi connectivity index (χ1) is 9.08. The molecule has 1 atom stereocenters. The molecule has 2 rings (SSSR count). The normalized spacial score (nSPS) is 12.9. The number of nitrogens with zero attached hydrogens (tertiary/aromatic N) is 4. The number of halogens is 1. The van der Waals surface area contributed by atoms with E-state index in [-0.39, 0.29) is 6.04 Å². The molecule has 0 bridgehead atoms. The molecule has 0 saturated carbocycles. The van der Waals surface area contributed by atoms with Crippen LogP contribution in [0.15, 0.2) is 12.3 Å². The molecule has 19 heavy (non-hydrogen) atoms. The van der Waals surface area contributed by atoms with Crippen molar-refractivity contribution in [3.8, 4) is 0 Å². The lowest BCUT2D eigenvalue weighted by molar-refractivity contribution is 0.486. The molecule has 104 valence electrons. The highest BCUT2D eigenvalue weighted by molar-refractivity contribution is 6.31. The average Bonchev–Trinajstić information content (AvgIpc) is 2.93. The van der Waals surface area contributed by atoms with Crippen LogP contribution < -0.4 is 11.3 Å². The van der Waals surface area contributed by atoms with Crippen LogP contribution in [0.3, 0.4) is 0 Å². The van der Waals surface area contributed by atoms with Crippen molar-refractivity contribution in [1.82, 2.24) is 25.0 Å². The summed E-state index contributed by atoms with van der Waals surface area (Å²) in [7, 11) is 1.89. The van der Waals surface area contributed by atoms with Crippen molar-refractivity contribution < 1.29 is 0 Å². The van der Waals surface area contributed by atoms with Gasteiger partial charge < -0.3 is 0 Å². The van der Waals surface area contributed by atoms with Crippen molar-refractivity contribution in [2.75, 3.05) is 0 Å². The Bertz CT molecular complexity index is 559. The highest BCUT2D eigenvalue weighted by Crippen LogP contribution is 2.25. The molecule has 0 aliphatic rings. The number of rotatable bonds is 5. The Labute approximate surface area is 117 Å². The maximum absolute atomic E-state index is 6.32. The molecule has 0 saturated heterocycles. The van der Waals surface area contributed by atoms with Gasteiger partial charge in [0.15, 0.2) is 0 Å². The van der Waals surface area contributed by atoms with Gasteiger partial charge in [-0.2, -0.15) is 10.2 Å². The number of nitrogens with two attached hydrogens (primary N) is 1. The third kappa shape index (κ3) is 2.65. The molecule has 2 aromatic heterocycles. The Morgan fingerprint density at radius 2 is 2.26 bits per heavy atom. The summed E-state index contributed by atoms with van der Waals surface area (Å²) in [6.45, 7) is 4.74. The van der Waals surface area contributed by atoms with Crippen LogP contribution in [0.4, 0.5) is 0 Å². The second kappa shape index (κ2) is 5.73. The molecule has 6 nitrogen and oxygen atoms in total. The van der Waals surface area contributed by atoms with E-state index in [9.17, 15) is 0 Å². The Morgan fingerprint density at radius 1 is 1.53 bits per heavy atom. The molecular weight excluding hydrogens is 264 g/mol. The molecule has 0 aromatic carbocycles. The van der Waals surface area contributed by atoms with Crippen molar-refractivity contribution in [3.05, 3.63) is 34.4 Å². The van der Waals surface area contributed by atoms with Gasteiger partial charge in [-0.15, -0.1) is 0 Å². The SMILES string of the molecule is CCn1nc(C)c(Cl)c1CC(NN)c1ccnn1C. The minimum atomic E-state index is -0.0496. The number of hydrazine groups is 1. The maximum atomic E-state index is 6.32. The van der Waals surface area contributed by atoms with Gasteiger partial charge in [0.1, 0.15) is 0 Å². The zero-order valence-electron chi connectivity index (χ0n) is 11.4. The lowest BCUT2D eigenvalue weighted by Crippen LogP contribution is -2.31. The minimum absolute atomic E-state index is 0.0496. The maximum Gasteiger partial charge on any atom is 0.0847 e. The van der Waals surface area contributed by atoms with Gasteiger partial charge in [0, 0.05) is 26.2 Å². The summed E-state index contributed by atoms with van der Waals surface area (Å²) in [6, 6.07) is 1.89. The molecule has 0 fully saturated rings. The zero-order chi connectivity index (χ0) is 14.0. The van der Waals surface area contributed by atoms with Crippen molar-refractivity contribution in [3.63, 3.8) is 0 Å². The van der Waals surface area contributed by atoms with Crippen LogP contribution in [0.25, 0.3) is 0 Å². The highest BCUT2D eigenvalue weighted by Gasteiger charge is 2.20. The molecule has 1 unspecified atom stereocenters. The predicted octanol–water partition coefficient (Wildman–Crippen LogP) is 1.35. The van der Waals surface area contributed by atoms with E-state index in [1.54, 1.807) is 10.9 Å². The zero-order valence-corrected chi connectivity index (χ0v) is 12.1. The van der Waals surface area contributed by atoms with Crippen LogP contribution in [0.2, 0.25) is 5.02 Å². The van der Waals surface area contributed by atoms with Gasteiger partial charge in [0.2, 0.25) is 0 Å². The molecule has 3 N–H and O–H groups in total. The van der Waals surface area contributed by atoms with Crippen LogP contribution in [0.1, 0.15) is 30.0 Å². The van der Waals surface area contributed by atoms with Crippen LogP contribution in [-0.2, 0) is 20.0 Å². The van der Waals surface area contributed by atoms with E-state index in [0.29, 0.717) is 11.4 Å². The van der Waals surface area contributed by atoms with Gasteiger partial charge >= 0.3 is 0 Å². The predicted molar refractivity (Wildman–Crippen MR) is 74.6 cm³/mol. The van der Waals surface area contributed by atoms with E-state index in [4.69, 9.17) is 17.4 Å². The van der Waals surface area contributed by atoms with Crippen LogP contribution in [-0.4, -0.2) is 19.6 Å². The van der Waals surface area contributed by atoms with Crippen LogP contribution in [0.5, 0.6) is 0 Å². The summed E-state index contributed by atoms with van der Waals surface area (Å²) in [5.74, 6) is 5.67. The number of hydrogen-bond acceptors (Lipinski definition) is 4. The Hall–Kier alpha value is -1.37. The third-order valence-corrected chi connectivity index (χ3v) is 3.76. The van der Waals surface area contributed by atoms with Gasteiger partial charge in [0.25, 0.3) is 0 Å². The summed E-state index contributed by atoms with van der Waals surface area (Å²) in [4.78, 5) is 0. The Kier molecular flexibility index (Phi) is 4.24. The highest BCUT2D eigenvalue weighted by atomic mass is 35.5. The number of aromatic nitrogens is 4. The molecule has 2 heterocycles. The fourth-order valence-electron chi connectivity index (χ4n) is 2.23. The van der Waals surface area contributed by atoms with E-state index in [1.807, 2.05) is 31.6 Å². The fourth-order valence-corrected chi connectivity index (χ4v) is 2.44. The number of nitrogens with one attached hydrogen (secondary N) is 1. The Morgan fingerprint density at radius 3 is 2.79 bits per heavy atom. The Balaban J connectivity index is 2.31. The van der Waals surface area contributed by atoms with Crippen LogP contribution in [0, 0.1) is 6.92 Å². The average molecular weight is 283 g/mol. The summed E-state index contributed by atoms with van der Waals surface area (Å²) in [6.07, 6.45) is 2.42. The van der Waals surface area contributed by atoms with Gasteiger partial charge in [-0.3, -0.25) is 20.6 Å². The first-order valence-electron chi connectivity index (χ1n) is 6.24. The van der Waals surface area contributed by atoms with Crippen molar-refractivity contribution >= 4 is 11.6 Å². The molecule has 0 radical (unpaired) electrons. The standard InChI is InChI=1S/C12H19ClN6/c1-4-19-11(12(13)8(2)17-19)7-9(16-14)10-5-6-15-18(10)3/h5-6,9,16H,4,7,14H2,1-3H3. The van der Waals surface area contributed by atoms with E-state index < -0.39 is 0 Å². The van der Waals surface area contributed by atoms with Crippen molar-refractivity contribution in [2.45, 2.75) is 32.9 Å². The van der Waals surface area contributed by atoms with Gasteiger partial charge in [-0.1, -0.05) is 11.6 Å². The minimum Gasteiger partial charge on any atom is -0.271 e. The lowest BCUT2D eigenvalue weighted by Gasteiger charge is -2.17. The van der Waals surface area contributed by atoms with E-state index in [1.165, 1.54) is 0 Å². The van der Waals surface area contributed by atoms with Crippen LogP contribution >= 0.6 is 11.6 Å². The molecule has 0 spiro atoms. The summed E-state index contributed by atoms with van der Waals surface area (Å²) in [5, 5.41) is 9.29. The first kappa shape index (κ1) is 14.0. The molecule has 0 aliphatic carbocycles. The molecule has 7 heteroatoms. The lowest BCUT2D eigenvalue weighted by atomic mass is 10.1. The molecule has 2 aromatic rings. The van der Waals surface area contributed by atoms with Gasteiger partial charge in [-0.05, 0) is 19.9 Å². The van der Waals surface area contributed by atoms with E-state index in [2.05, 4.69) is 15.6 Å². The molecule has 0 amide bonds. The second-order valence-electron chi connectivity index (χ2n) is 4.46. The topological polar surface area (TPSA) is 73.7 Å². The molecule has 0 aliphatic heterocycles. The van der Waals surface area contributed by atoms with Gasteiger partial charge in [0.05, 0.1) is 28.1 Å². The first-order valence-corrected chi connectivity index (χ1v) is 6.62. The second-order valence-corrected chi connectivity index (χ2v) is 4.84. The summed E-state index contributed by atoms with van der Waals surface area (Å²) < 4.78 is 3.72. The summed E-state index contributed by atoms with van der Waals surface area (Å²) in [5.41, 5.74) is 5.67. The smallest absolute Gasteiger partial charge is 0.0847 e. The number of aryl methyl sites for hydroxylation is 3.